The minimum atomic E-state index is -3.51. The zero-order valence-corrected chi connectivity index (χ0v) is 17.3. The number of nitrogens with zero attached hydrogens (tertiary/aromatic N) is 1. The zero-order chi connectivity index (χ0) is 18.6. The summed E-state index contributed by atoms with van der Waals surface area (Å²) < 4.78 is 28.4. The molecule has 1 amide bonds. The van der Waals surface area contributed by atoms with Gasteiger partial charge in [-0.05, 0) is 67.5 Å². The number of nitrogens with one attached hydrogen (secondary N) is 1. The molecular weight excluding hydrogens is 400 g/mol. The molecule has 1 N–H and O–H groups in total. The topological polar surface area (TPSA) is 66.5 Å². The number of fused-ring (bicyclic) bond motifs is 3. The number of thiophene rings is 2. The van der Waals surface area contributed by atoms with Gasteiger partial charge in [-0.1, -0.05) is 6.07 Å². The van der Waals surface area contributed by atoms with Crippen molar-refractivity contribution in [1.29, 1.82) is 0 Å². The predicted octanol–water partition coefficient (Wildman–Crippen LogP) is 3.27. The molecule has 0 spiro atoms. The highest BCUT2D eigenvalue weighted by Gasteiger charge is 2.48. The van der Waals surface area contributed by atoms with Gasteiger partial charge in [0.2, 0.25) is 10.0 Å². The monoisotopic (exact) mass is 422 g/mol. The number of aryl methyl sites for hydroxylation is 2. The lowest BCUT2D eigenvalue weighted by molar-refractivity contribution is 0.0683. The highest BCUT2D eigenvalue weighted by atomic mass is 32.2. The average Bonchev–Trinajstić information content (AvgIpc) is 3.42. The van der Waals surface area contributed by atoms with Crippen molar-refractivity contribution in [3.05, 3.63) is 38.9 Å². The van der Waals surface area contributed by atoms with Crippen LogP contribution in [0.15, 0.2) is 27.8 Å². The molecule has 2 fully saturated rings. The summed E-state index contributed by atoms with van der Waals surface area (Å²) in [6.07, 6.45) is 6.30. The molecule has 144 valence electrons. The molecule has 8 heteroatoms. The Labute approximate surface area is 167 Å². The number of hydrogen-bond donors (Lipinski definition) is 1. The molecule has 0 radical (unpaired) electrons. The highest BCUT2D eigenvalue weighted by molar-refractivity contribution is 7.91. The van der Waals surface area contributed by atoms with Crippen LogP contribution in [-0.4, -0.2) is 37.9 Å². The first-order valence-corrected chi connectivity index (χ1v) is 12.7. The number of rotatable bonds is 4. The molecule has 2 bridgehead atoms. The quantitative estimate of drug-likeness (QED) is 0.822. The van der Waals surface area contributed by atoms with Gasteiger partial charge in [-0.3, -0.25) is 4.79 Å². The van der Waals surface area contributed by atoms with Gasteiger partial charge in [0.1, 0.15) is 4.21 Å². The van der Waals surface area contributed by atoms with E-state index in [9.17, 15) is 13.2 Å². The summed E-state index contributed by atoms with van der Waals surface area (Å²) in [7, 11) is -3.51. The van der Waals surface area contributed by atoms with Crippen LogP contribution in [0.2, 0.25) is 0 Å². The Morgan fingerprint density at radius 3 is 2.81 bits per heavy atom. The van der Waals surface area contributed by atoms with Crippen molar-refractivity contribution in [3.63, 3.8) is 0 Å². The zero-order valence-electron chi connectivity index (χ0n) is 14.9. The Kier molecular flexibility index (Phi) is 4.42. The van der Waals surface area contributed by atoms with E-state index >= 15 is 0 Å². The molecule has 3 aliphatic rings. The first-order valence-electron chi connectivity index (χ1n) is 9.49. The van der Waals surface area contributed by atoms with Crippen LogP contribution in [0.25, 0.3) is 0 Å². The molecule has 5 nitrogen and oxygen atoms in total. The number of carbonyl (C=O) groups excluding carboxylic acids is 1. The maximum Gasteiger partial charge on any atom is 0.264 e. The third-order valence-electron chi connectivity index (χ3n) is 6.02. The van der Waals surface area contributed by atoms with Gasteiger partial charge in [0.25, 0.3) is 5.91 Å². The number of amides is 1. The smallest absolute Gasteiger partial charge is 0.264 e. The first-order chi connectivity index (χ1) is 13.0. The van der Waals surface area contributed by atoms with Crippen LogP contribution in [0.5, 0.6) is 0 Å². The molecule has 1 saturated heterocycles. The molecule has 3 unspecified atom stereocenters. The van der Waals surface area contributed by atoms with Crippen LogP contribution >= 0.6 is 22.7 Å². The second kappa shape index (κ2) is 6.69. The third-order valence-corrected chi connectivity index (χ3v) is 10.1. The van der Waals surface area contributed by atoms with Gasteiger partial charge in [0.15, 0.2) is 0 Å². The van der Waals surface area contributed by atoms with E-state index in [-0.39, 0.29) is 18.0 Å². The van der Waals surface area contributed by atoms with E-state index in [0.29, 0.717) is 10.1 Å². The molecule has 3 atom stereocenters. The fourth-order valence-electron chi connectivity index (χ4n) is 4.80. The third kappa shape index (κ3) is 3.16. The highest BCUT2D eigenvalue weighted by Crippen LogP contribution is 2.40. The summed E-state index contributed by atoms with van der Waals surface area (Å²) >= 11 is 2.86. The standard InChI is InChI=1S/C19H22N2O3S3/c22-19(17-10-13-4-1-2-5-16(13)26-17)21-11-12-8-14(15(21)9-12)20-27(23,24)18-6-3-7-25-18/h3,6-7,10,12,14-15,20H,1-2,4-5,8-9,11H2. The summed E-state index contributed by atoms with van der Waals surface area (Å²) in [5, 5.41) is 1.77. The van der Waals surface area contributed by atoms with E-state index < -0.39 is 10.0 Å². The van der Waals surface area contributed by atoms with Gasteiger partial charge in [0, 0.05) is 23.5 Å². The largest absolute Gasteiger partial charge is 0.333 e. The lowest BCUT2D eigenvalue weighted by Crippen LogP contribution is -2.51. The van der Waals surface area contributed by atoms with E-state index in [0.717, 1.165) is 37.1 Å². The number of sulfonamides is 1. The van der Waals surface area contributed by atoms with Crippen LogP contribution in [-0.2, 0) is 22.9 Å². The van der Waals surface area contributed by atoms with Gasteiger partial charge >= 0.3 is 0 Å². The van der Waals surface area contributed by atoms with Crippen LogP contribution in [0.1, 0.15) is 45.8 Å². The van der Waals surface area contributed by atoms with Crippen molar-refractivity contribution in [2.45, 2.75) is 54.8 Å². The number of likely N-dealkylation sites (tertiary alicyclic amines) is 1. The SMILES string of the molecule is O=C(c1cc2c(s1)CCCC2)N1CC2CC(NS(=O)(=O)c3cccs3)C1C2. The maximum atomic E-state index is 13.2. The van der Waals surface area contributed by atoms with Crippen LogP contribution in [0.3, 0.4) is 0 Å². The van der Waals surface area contributed by atoms with Crippen LogP contribution < -0.4 is 4.72 Å². The van der Waals surface area contributed by atoms with E-state index in [1.54, 1.807) is 28.8 Å². The van der Waals surface area contributed by atoms with Crippen LogP contribution in [0, 0.1) is 5.92 Å². The van der Waals surface area contributed by atoms with Gasteiger partial charge in [0.05, 0.1) is 4.88 Å². The second-order valence-electron chi connectivity index (χ2n) is 7.79. The molecule has 2 aromatic heterocycles. The van der Waals surface area contributed by atoms with Gasteiger partial charge in [-0.2, -0.15) is 0 Å². The van der Waals surface area contributed by atoms with Gasteiger partial charge in [-0.25, -0.2) is 13.1 Å². The molecule has 5 rings (SSSR count). The second-order valence-corrected chi connectivity index (χ2v) is 11.8. The van der Waals surface area contributed by atoms with Crippen molar-refractivity contribution < 1.29 is 13.2 Å². The minimum absolute atomic E-state index is 0.0311. The van der Waals surface area contributed by atoms with E-state index in [1.807, 2.05) is 4.90 Å². The number of carbonyl (C=O) groups is 1. The predicted molar refractivity (Wildman–Crippen MR) is 107 cm³/mol. The molecule has 3 heterocycles. The fourth-order valence-corrected chi connectivity index (χ4v) is 8.30. The molecule has 1 aliphatic heterocycles. The Bertz CT molecular complexity index is 941. The van der Waals surface area contributed by atoms with Crippen molar-refractivity contribution in [2.75, 3.05) is 6.54 Å². The van der Waals surface area contributed by atoms with Crippen LogP contribution in [0.4, 0.5) is 0 Å². The molecule has 1 saturated carbocycles. The van der Waals surface area contributed by atoms with E-state index in [2.05, 4.69) is 10.8 Å². The van der Waals surface area contributed by atoms with Crippen molar-refractivity contribution in [2.24, 2.45) is 5.92 Å². The average molecular weight is 423 g/mol. The summed E-state index contributed by atoms with van der Waals surface area (Å²) in [5.74, 6) is 0.478. The normalized spacial score (nSPS) is 27.1. The molecule has 0 aromatic carbocycles. The van der Waals surface area contributed by atoms with Gasteiger partial charge < -0.3 is 4.90 Å². The van der Waals surface area contributed by atoms with Crippen molar-refractivity contribution in [1.82, 2.24) is 9.62 Å². The molecule has 2 aromatic rings. The maximum absolute atomic E-state index is 13.2. The molecule has 2 aliphatic carbocycles. The summed E-state index contributed by atoms with van der Waals surface area (Å²) in [5.41, 5.74) is 1.34. The number of piperidine rings is 1. The minimum Gasteiger partial charge on any atom is -0.333 e. The van der Waals surface area contributed by atoms with E-state index in [1.165, 1.54) is 34.6 Å². The fraction of sp³-hybridized carbons (Fsp3) is 0.526. The first kappa shape index (κ1) is 17.8. The number of hydrogen-bond acceptors (Lipinski definition) is 5. The Morgan fingerprint density at radius 2 is 2.07 bits per heavy atom. The Hall–Kier alpha value is -1.22. The van der Waals surface area contributed by atoms with Gasteiger partial charge in [-0.15, -0.1) is 22.7 Å². The van der Waals surface area contributed by atoms with Crippen molar-refractivity contribution in [3.8, 4) is 0 Å². The lowest BCUT2D eigenvalue weighted by Gasteiger charge is -2.33. The summed E-state index contributed by atoms with van der Waals surface area (Å²) in [6.45, 7) is 0.753. The van der Waals surface area contributed by atoms with E-state index in [4.69, 9.17) is 0 Å². The summed E-state index contributed by atoms with van der Waals surface area (Å²) in [6, 6.07) is 5.23. The Morgan fingerprint density at radius 1 is 1.22 bits per heavy atom. The summed E-state index contributed by atoms with van der Waals surface area (Å²) in [4.78, 5) is 17.3. The van der Waals surface area contributed by atoms with Crippen molar-refractivity contribution >= 4 is 38.6 Å². The Balaban J connectivity index is 1.34. The lowest BCUT2D eigenvalue weighted by atomic mass is 9.99. The molecule has 27 heavy (non-hydrogen) atoms. The molecular formula is C19H22N2O3S3.